The Hall–Kier alpha value is -2.35. The maximum absolute atomic E-state index is 12.4. The average Bonchev–Trinajstić information content (AvgIpc) is 3.04. The summed E-state index contributed by atoms with van der Waals surface area (Å²) in [6.07, 6.45) is 1.68. The molecule has 146 valence electrons. The topological polar surface area (TPSA) is 69.2 Å². The molecule has 0 unspecified atom stereocenters. The molecule has 0 aliphatic carbocycles. The van der Waals surface area contributed by atoms with Gasteiger partial charge >= 0.3 is 0 Å². The summed E-state index contributed by atoms with van der Waals surface area (Å²) >= 11 is 13.3. The number of carbonyl (C=O) groups is 1. The minimum absolute atomic E-state index is 0.290. The monoisotopic (exact) mass is 438 g/mol. The van der Waals surface area contributed by atoms with Crippen LogP contribution in [0.1, 0.15) is 5.56 Å². The Morgan fingerprint density at radius 1 is 1.07 bits per heavy atom. The molecule has 0 saturated carbocycles. The van der Waals surface area contributed by atoms with Gasteiger partial charge in [-0.15, -0.1) is 0 Å². The summed E-state index contributed by atoms with van der Waals surface area (Å²) in [7, 11) is 4.62. The number of halogens is 2. The Morgan fingerprint density at radius 3 is 2.36 bits per heavy atom. The fraction of sp³-hybridized carbons (Fsp3) is 0.158. The second-order valence-corrected chi connectivity index (χ2v) is 7.32. The fourth-order valence-electron chi connectivity index (χ4n) is 2.47. The van der Waals surface area contributed by atoms with Crippen LogP contribution in [0.15, 0.2) is 40.2 Å². The highest BCUT2D eigenvalue weighted by molar-refractivity contribution is 8.18. The normalized spacial score (nSPS) is 16.4. The Morgan fingerprint density at radius 2 is 1.75 bits per heavy atom. The number of benzene rings is 2. The molecule has 3 rings (SSSR count). The van der Waals surface area contributed by atoms with Crippen LogP contribution in [-0.2, 0) is 4.79 Å². The van der Waals surface area contributed by atoms with E-state index >= 15 is 0 Å². The molecule has 1 saturated heterocycles. The Bertz CT molecular complexity index is 967. The maximum Gasteiger partial charge on any atom is 0.264 e. The summed E-state index contributed by atoms with van der Waals surface area (Å²) in [6, 6.07) is 8.55. The van der Waals surface area contributed by atoms with Crippen LogP contribution in [0.25, 0.3) is 6.08 Å². The first kappa shape index (κ1) is 20.4. The lowest BCUT2D eigenvalue weighted by Crippen LogP contribution is -2.19. The summed E-state index contributed by atoms with van der Waals surface area (Å²) in [5.41, 5.74) is 1.09. The lowest BCUT2D eigenvalue weighted by atomic mass is 10.1. The van der Waals surface area contributed by atoms with Gasteiger partial charge in [-0.3, -0.25) is 4.79 Å². The van der Waals surface area contributed by atoms with Crippen LogP contribution in [-0.4, -0.2) is 32.4 Å². The number of amides is 1. The van der Waals surface area contributed by atoms with Crippen molar-refractivity contribution >= 4 is 57.8 Å². The molecule has 9 heteroatoms. The average molecular weight is 439 g/mol. The van der Waals surface area contributed by atoms with Gasteiger partial charge in [0.15, 0.2) is 5.17 Å². The van der Waals surface area contributed by atoms with E-state index in [1.54, 1.807) is 43.5 Å². The molecule has 0 bridgehead atoms. The molecular weight excluding hydrogens is 423 g/mol. The predicted octanol–water partition coefficient (Wildman–Crippen LogP) is 4.91. The predicted molar refractivity (Wildman–Crippen MR) is 113 cm³/mol. The van der Waals surface area contributed by atoms with Crippen LogP contribution >= 0.6 is 35.0 Å². The van der Waals surface area contributed by atoms with E-state index in [4.69, 9.17) is 37.4 Å². The highest BCUT2D eigenvalue weighted by Gasteiger charge is 2.25. The van der Waals surface area contributed by atoms with Gasteiger partial charge in [-0.25, -0.2) is 4.99 Å². The van der Waals surface area contributed by atoms with Crippen LogP contribution < -0.4 is 19.5 Å². The van der Waals surface area contributed by atoms with E-state index in [2.05, 4.69) is 10.3 Å². The van der Waals surface area contributed by atoms with Gasteiger partial charge in [0.2, 0.25) is 0 Å². The van der Waals surface area contributed by atoms with Gasteiger partial charge in [0.1, 0.15) is 17.2 Å². The molecule has 1 aliphatic rings. The molecule has 28 heavy (non-hydrogen) atoms. The van der Waals surface area contributed by atoms with Gasteiger partial charge in [0, 0.05) is 12.1 Å². The molecule has 0 atom stereocenters. The molecule has 1 aliphatic heterocycles. The van der Waals surface area contributed by atoms with Crippen molar-refractivity contribution in [3.8, 4) is 17.2 Å². The van der Waals surface area contributed by atoms with Crippen LogP contribution in [0.5, 0.6) is 17.2 Å². The Kier molecular flexibility index (Phi) is 6.39. The summed E-state index contributed by atoms with van der Waals surface area (Å²) in [5, 5.41) is 3.82. The van der Waals surface area contributed by atoms with E-state index in [0.29, 0.717) is 48.6 Å². The zero-order chi connectivity index (χ0) is 20.3. The number of hydrogen-bond acceptors (Lipinski definition) is 6. The second-order valence-electron chi connectivity index (χ2n) is 5.50. The minimum Gasteiger partial charge on any atom is -0.496 e. The van der Waals surface area contributed by atoms with E-state index in [0.717, 1.165) is 0 Å². The molecule has 0 radical (unpaired) electrons. The van der Waals surface area contributed by atoms with E-state index in [-0.39, 0.29) is 5.91 Å². The van der Waals surface area contributed by atoms with Crippen molar-refractivity contribution < 1.29 is 19.0 Å². The minimum atomic E-state index is -0.290. The molecule has 1 N–H and O–H groups in total. The Labute approximate surface area is 176 Å². The van der Waals surface area contributed by atoms with Gasteiger partial charge in [-0.2, -0.15) is 0 Å². The van der Waals surface area contributed by atoms with Crippen molar-refractivity contribution in [2.24, 2.45) is 4.99 Å². The summed E-state index contributed by atoms with van der Waals surface area (Å²) in [4.78, 5) is 17.2. The third-order valence-corrected chi connectivity index (χ3v) is 5.55. The van der Waals surface area contributed by atoms with Crippen molar-refractivity contribution in [3.63, 3.8) is 0 Å². The Balaban J connectivity index is 1.97. The first-order chi connectivity index (χ1) is 13.5. The van der Waals surface area contributed by atoms with Crippen molar-refractivity contribution in [3.05, 3.63) is 50.8 Å². The summed E-state index contributed by atoms with van der Waals surface area (Å²) in [6.45, 7) is 0. The number of aliphatic imine (C=N–C) groups is 1. The number of thioether (sulfide) groups is 1. The number of carbonyl (C=O) groups excluding carboxylic acids is 1. The number of nitrogens with zero attached hydrogens (tertiary/aromatic N) is 1. The van der Waals surface area contributed by atoms with Crippen molar-refractivity contribution in [1.29, 1.82) is 0 Å². The molecule has 2 aromatic carbocycles. The van der Waals surface area contributed by atoms with Gasteiger partial charge in [-0.05, 0) is 30.0 Å². The van der Waals surface area contributed by atoms with E-state index in [1.807, 2.05) is 0 Å². The van der Waals surface area contributed by atoms with E-state index < -0.39 is 0 Å². The number of nitrogens with one attached hydrogen (secondary N) is 1. The van der Waals surface area contributed by atoms with Crippen molar-refractivity contribution in [2.75, 3.05) is 21.3 Å². The second kappa shape index (κ2) is 8.77. The molecule has 0 aromatic heterocycles. The smallest absolute Gasteiger partial charge is 0.264 e. The van der Waals surface area contributed by atoms with Crippen molar-refractivity contribution in [2.45, 2.75) is 0 Å². The number of methoxy groups -OCH3 is 3. The zero-order valence-corrected chi connectivity index (χ0v) is 17.5. The standard InChI is InChI=1S/C19H16Cl2N2O4S/c1-25-10-7-14(26-2)11(15(8-10)27-3)9-16-18(24)23-19(28-16)22-13-6-4-5-12(20)17(13)21/h4-9H,1-3H3,(H,22,23,24)/b16-9+. The highest BCUT2D eigenvalue weighted by Crippen LogP contribution is 2.39. The van der Waals surface area contributed by atoms with E-state index in [9.17, 15) is 4.79 Å². The third-order valence-electron chi connectivity index (χ3n) is 3.83. The van der Waals surface area contributed by atoms with Gasteiger partial charge in [0.25, 0.3) is 5.91 Å². The quantitative estimate of drug-likeness (QED) is 0.671. The lowest BCUT2D eigenvalue weighted by molar-refractivity contribution is -0.115. The largest absolute Gasteiger partial charge is 0.496 e. The van der Waals surface area contributed by atoms with Crippen molar-refractivity contribution in [1.82, 2.24) is 5.32 Å². The van der Waals surface area contributed by atoms with Gasteiger partial charge in [-0.1, -0.05) is 29.3 Å². The number of ether oxygens (including phenoxy) is 3. The van der Waals surface area contributed by atoms with Gasteiger partial charge in [0.05, 0.1) is 47.5 Å². The lowest BCUT2D eigenvalue weighted by Gasteiger charge is -2.12. The maximum atomic E-state index is 12.4. The van der Waals surface area contributed by atoms with Crippen LogP contribution in [0.3, 0.4) is 0 Å². The zero-order valence-electron chi connectivity index (χ0n) is 15.2. The van der Waals surface area contributed by atoms with Gasteiger partial charge < -0.3 is 19.5 Å². The molecular formula is C19H16Cl2N2O4S. The molecule has 0 spiro atoms. The highest BCUT2D eigenvalue weighted by atomic mass is 35.5. The van der Waals surface area contributed by atoms with Crippen LogP contribution in [0.4, 0.5) is 5.69 Å². The van der Waals surface area contributed by atoms with Crippen LogP contribution in [0, 0.1) is 0 Å². The molecule has 6 nitrogen and oxygen atoms in total. The summed E-state index contributed by atoms with van der Waals surface area (Å²) in [5.74, 6) is 1.32. The molecule has 1 amide bonds. The number of amidine groups is 1. The SMILES string of the molecule is COc1cc(OC)c(/C=C2/SC(=Nc3cccc(Cl)c3Cl)NC2=O)c(OC)c1. The first-order valence-corrected chi connectivity index (χ1v) is 9.57. The molecule has 1 heterocycles. The third kappa shape index (κ3) is 4.22. The molecule has 1 fully saturated rings. The molecule has 2 aromatic rings. The van der Waals surface area contributed by atoms with Crippen LogP contribution in [0.2, 0.25) is 10.0 Å². The number of hydrogen-bond donors (Lipinski definition) is 1. The summed E-state index contributed by atoms with van der Waals surface area (Å²) < 4.78 is 16.1. The van der Waals surface area contributed by atoms with E-state index in [1.165, 1.54) is 26.0 Å². The fourth-order valence-corrected chi connectivity index (χ4v) is 3.63. The number of rotatable bonds is 5. The first-order valence-electron chi connectivity index (χ1n) is 8.00.